The Labute approximate surface area is 162 Å². The molecule has 2 aromatic carbocycles. The summed E-state index contributed by atoms with van der Waals surface area (Å²) in [6.07, 6.45) is -5.64. The smallest absolute Gasteiger partial charge is 0.434 e. The number of aromatic nitrogens is 1. The van der Waals surface area contributed by atoms with E-state index in [9.17, 15) is 18.0 Å². The van der Waals surface area contributed by atoms with E-state index in [-0.39, 0.29) is 11.6 Å². The summed E-state index contributed by atoms with van der Waals surface area (Å²) in [5.74, 6) is 0.543. The molecule has 0 bridgehead atoms. The van der Waals surface area contributed by atoms with Crippen LogP contribution in [0.5, 0.6) is 5.75 Å². The second-order valence-electron chi connectivity index (χ2n) is 5.89. The topological polar surface area (TPSA) is 71.5 Å². The van der Waals surface area contributed by atoms with Crippen LogP contribution in [0, 0.1) is 6.92 Å². The standard InChI is InChI=1S/C19H15F3N2O3S/c1-11-8-12(17-24-16(10-28-17)19(20,21)22)6-7-15(11)27-9-13-4-2-3-5-14(13)23-18(25)26/h2-8,10,23H,9H2,1H3,(H,25,26). The van der Waals surface area contributed by atoms with Crippen LogP contribution in [0.2, 0.25) is 0 Å². The molecule has 0 atom stereocenters. The van der Waals surface area contributed by atoms with Crippen molar-refractivity contribution in [3.8, 4) is 16.3 Å². The lowest BCUT2D eigenvalue weighted by atomic mass is 10.1. The number of hydrogen-bond acceptors (Lipinski definition) is 4. The molecule has 3 rings (SSSR count). The highest BCUT2D eigenvalue weighted by Gasteiger charge is 2.33. The molecule has 0 saturated carbocycles. The summed E-state index contributed by atoms with van der Waals surface area (Å²) in [7, 11) is 0. The van der Waals surface area contributed by atoms with E-state index in [0.717, 1.165) is 22.3 Å². The molecular formula is C19H15F3N2O3S. The fraction of sp³-hybridized carbons (Fsp3) is 0.158. The number of nitrogens with one attached hydrogen (secondary N) is 1. The third kappa shape index (κ3) is 4.61. The Morgan fingerprint density at radius 2 is 2.00 bits per heavy atom. The Kier molecular flexibility index (Phi) is 5.55. The van der Waals surface area contributed by atoms with Gasteiger partial charge in [-0.05, 0) is 36.8 Å². The van der Waals surface area contributed by atoms with Gasteiger partial charge < -0.3 is 9.84 Å². The van der Waals surface area contributed by atoms with Crippen molar-refractivity contribution in [1.29, 1.82) is 0 Å². The molecule has 146 valence electrons. The van der Waals surface area contributed by atoms with Crippen molar-refractivity contribution in [3.05, 3.63) is 64.7 Å². The first-order valence-electron chi connectivity index (χ1n) is 8.08. The van der Waals surface area contributed by atoms with Gasteiger partial charge in [0.1, 0.15) is 17.4 Å². The van der Waals surface area contributed by atoms with Gasteiger partial charge in [0.25, 0.3) is 0 Å². The number of amides is 1. The largest absolute Gasteiger partial charge is 0.489 e. The van der Waals surface area contributed by atoms with E-state index in [1.165, 1.54) is 0 Å². The number of carboxylic acid groups (broad SMARTS) is 1. The second kappa shape index (κ2) is 7.89. The van der Waals surface area contributed by atoms with Crippen LogP contribution >= 0.6 is 11.3 Å². The van der Waals surface area contributed by atoms with Crippen LogP contribution in [0.4, 0.5) is 23.7 Å². The van der Waals surface area contributed by atoms with Gasteiger partial charge in [-0.2, -0.15) is 13.2 Å². The monoisotopic (exact) mass is 408 g/mol. The van der Waals surface area contributed by atoms with Gasteiger partial charge in [0, 0.05) is 16.5 Å². The van der Waals surface area contributed by atoms with Crippen LogP contribution in [0.1, 0.15) is 16.8 Å². The molecule has 0 aliphatic rings. The number of carbonyl (C=O) groups is 1. The van der Waals surface area contributed by atoms with Crippen molar-refractivity contribution in [1.82, 2.24) is 4.98 Å². The van der Waals surface area contributed by atoms with Crippen molar-refractivity contribution < 1.29 is 27.8 Å². The summed E-state index contributed by atoms with van der Waals surface area (Å²) in [6.45, 7) is 1.91. The molecule has 2 N–H and O–H groups in total. The van der Waals surface area contributed by atoms with Gasteiger partial charge in [0.2, 0.25) is 0 Å². The fourth-order valence-corrected chi connectivity index (χ4v) is 3.34. The Bertz CT molecular complexity index is 1000. The number of thiazole rings is 1. The SMILES string of the molecule is Cc1cc(-c2nc(C(F)(F)F)cs2)ccc1OCc1ccccc1NC(=O)O. The number of halogens is 3. The third-order valence-corrected chi connectivity index (χ3v) is 4.75. The van der Waals surface area contributed by atoms with Gasteiger partial charge in [-0.25, -0.2) is 9.78 Å². The maximum Gasteiger partial charge on any atom is 0.434 e. The van der Waals surface area contributed by atoms with E-state index in [4.69, 9.17) is 9.84 Å². The molecule has 3 aromatic rings. The number of ether oxygens (including phenoxy) is 1. The lowest BCUT2D eigenvalue weighted by molar-refractivity contribution is -0.140. The molecule has 1 amide bonds. The Morgan fingerprint density at radius 3 is 2.64 bits per heavy atom. The maximum atomic E-state index is 12.7. The molecule has 0 radical (unpaired) electrons. The van der Waals surface area contributed by atoms with E-state index in [2.05, 4.69) is 10.3 Å². The predicted molar refractivity (Wildman–Crippen MR) is 99.7 cm³/mol. The minimum absolute atomic E-state index is 0.131. The molecule has 0 spiro atoms. The molecule has 28 heavy (non-hydrogen) atoms. The van der Waals surface area contributed by atoms with Gasteiger partial charge in [-0.3, -0.25) is 5.32 Å². The average molecular weight is 408 g/mol. The van der Waals surface area contributed by atoms with Gasteiger partial charge in [0.05, 0.1) is 5.69 Å². The van der Waals surface area contributed by atoms with E-state index < -0.39 is 18.0 Å². The van der Waals surface area contributed by atoms with Crippen LogP contribution in [0.25, 0.3) is 10.6 Å². The number of aryl methyl sites for hydroxylation is 1. The Hall–Kier alpha value is -3.07. The molecule has 0 unspecified atom stereocenters. The number of benzene rings is 2. The normalized spacial score (nSPS) is 11.3. The van der Waals surface area contributed by atoms with Crippen molar-refractivity contribution in [3.63, 3.8) is 0 Å². The summed E-state index contributed by atoms with van der Waals surface area (Å²) >= 11 is 0.926. The first-order valence-corrected chi connectivity index (χ1v) is 8.96. The molecule has 0 fully saturated rings. The first kappa shape index (κ1) is 19.7. The molecule has 9 heteroatoms. The summed E-state index contributed by atoms with van der Waals surface area (Å²) in [5, 5.41) is 12.5. The van der Waals surface area contributed by atoms with E-state index in [1.54, 1.807) is 49.4 Å². The Balaban J connectivity index is 1.75. The minimum atomic E-state index is -4.47. The summed E-state index contributed by atoms with van der Waals surface area (Å²) in [5.41, 5.74) is 1.46. The van der Waals surface area contributed by atoms with E-state index in [0.29, 0.717) is 22.6 Å². The Morgan fingerprint density at radius 1 is 1.25 bits per heavy atom. The lowest BCUT2D eigenvalue weighted by Crippen LogP contribution is -2.10. The van der Waals surface area contributed by atoms with E-state index >= 15 is 0 Å². The predicted octanol–water partition coefficient (Wildman–Crippen LogP) is 5.81. The number of para-hydroxylation sites is 1. The third-order valence-electron chi connectivity index (χ3n) is 3.86. The fourth-order valence-electron chi connectivity index (χ4n) is 2.52. The highest BCUT2D eigenvalue weighted by atomic mass is 32.1. The summed E-state index contributed by atoms with van der Waals surface area (Å²) in [4.78, 5) is 14.5. The van der Waals surface area contributed by atoms with Gasteiger partial charge in [-0.15, -0.1) is 11.3 Å². The molecule has 5 nitrogen and oxygen atoms in total. The average Bonchev–Trinajstić information content (AvgIpc) is 3.12. The molecule has 1 heterocycles. The van der Waals surface area contributed by atoms with Crippen molar-refractivity contribution in [2.75, 3.05) is 5.32 Å². The first-order chi connectivity index (χ1) is 13.2. The lowest BCUT2D eigenvalue weighted by Gasteiger charge is -2.13. The summed E-state index contributed by atoms with van der Waals surface area (Å²) < 4.78 is 43.9. The molecule has 0 aliphatic carbocycles. The molecular weight excluding hydrogens is 393 g/mol. The second-order valence-corrected chi connectivity index (χ2v) is 6.75. The zero-order valence-corrected chi connectivity index (χ0v) is 15.4. The number of rotatable bonds is 5. The van der Waals surface area contributed by atoms with Crippen LogP contribution < -0.4 is 10.1 Å². The maximum absolute atomic E-state index is 12.7. The molecule has 0 aliphatic heterocycles. The van der Waals surface area contributed by atoms with Crippen molar-refractivity contribution >= 4 is 23.1 Å². The highest BCUT2D eigenvalue weighted by molar-refractivity contribution is 7.13. The summed E-state index contributed by atoms with van der Waals surface area (Å²) in [6, 6.07) is 11.8. The van der Waals surface area contributed by atoms with Crippen molar-refractivity contribution in [2.45, 2.75) is 19.7 Å². The highest BCUT2D eigenvalue weighted by Crippen LogP contribution is 2.35. The van der Waals surface area contributed by atoms with Crippen LogP contribution in [-0.4, -0.2) is 16.2 Å². The van der Waals surface area contributed by atoms with Crippen molar-refractivity contribution in [2.24, 2.45) is 0 Å². The number of hydrogen-bond donors (Lipinski definition) is 2. The number of alkyl halides is 3. The molecule has 0 saturated heterocycles. The van der Waals surface area contributed by atoms with E-state index in [1.807, 2.05) is 0 Å². The zero-order valence-electron chi connectivity index (χ0n) is 14.6. The number of nitrogens with zero attached hydrogens (tertiary/aromatic N) is 1. The molecule has 1 aromatic heterocycles. The minimum Gasteiger partial charge on any atom is -0.489 e. The van der Waals surface area contributed by atoms with Gasteiger partial charge in [0.15, 0.2) is 5.69 Å². The quantitative estimate of drug-likeness (QED) is 0.559. The van der Waals surface area contributed by atoms with Gasteiger partial charge >= 0.3 is 12.3 Å². The van der Waals surface area contributed by atoms with Gasteiger partial charge in [-0.1, -0.05) is 18.2 Å². The number of anilines is 1. The van der Waals surface area contributed by atoms with Crippen LogP contribution in [-0.2, 0) is 12.8 Å². The van der Waals surface area contributed by atoms with Crippen LogP contribution in [0.15, 0.2) is 47.8 Å². The zero-order chi connectivity index (χ0) is 20.3. The van der Waals surface area contributed by atoms with Crippen LogP contribution in [0.3, 0.4) is 0 Å².